The zero-order chi connectivity index (χ0) is 14.4. The Hall–Kier alpha value is -2.57. The summed E-state index contributed by atoms with van der Waals surface area (Å²) in [5, 5.41) is 17.8. The number of unbranched alkanes of at least 4 members (excludes halogenated alkanes) is 1. The van der Waals surface area contributed by atoms with Gasteiger partial charge >= 0.3 is 5.97 Å². The highest BCUT2D eigenvalue weighted by molar-refractivity contribution is 5.93. The van der Waals surface area contributed by atoms with Crippen LogP contribution in [0.1, 0.15) is 29.8 Å². The van der Waals surface area contributed by atoms with Gasteiger partial charge in [0, 0.05) is 19.0 Å². The lowest BCUT2D eigenvalue weighted by Crippen LogP contribution is -2.24. The third-order valence-electron chi connectivity index (χ3n) is 2.70. The Kier molecular flexibility index (Phi) is 4.54. The summed E-state index contributed by atoms with van der Waals surface area (Å²) < 4.78 is 5.19. The summed E-state index contributed by atoms with van der Waals surface area (Å²) in [4.78, 5) is 22.1. The smallest absolute Gasteiger partial charge is 0.303 e. The first-order chi connectivity index (χ1) is 9.66. The van der Waals surface area contributed by atoms with Crippen LogP contribution in [0.4, 0.5) is 0 Å². The van der Waals surface area contributed by atoms with Gasteiger partial charge in [-0.15, -0.1) is 0 Å². The molecule has 0 atom stereocenters. The quantitative estimate of drug-likeness (QED) is 0.667. The molecule has 0 saturated heterocycles. The van der Waals surface area contributed by atoms with Gasteiger partial charge in [0.25, 0.3) is 5.91 Å². The number of hydrogen-bond acceptors (Lipinski definition) is 4. The molecule has 0 fully saturated rings. The molecule has 2 rings (SSSR count). The Labute approximate surface area is 115 Å². The number of aromatic nitrogens is 2. The van der Waals surface area contributed by atoms with E-state index in [1.807, 2.05) is 0 Å². The van der Waals surface area contributed by atoms with Crippen LogP contribution in [-0.2, 0) is 4.79 Å². The number of nitrogens with zero attached hydrogens (tertiary/aromatic N) is 1. The van der Waals surface area contributed by atoms with E-state index in [4.69, 9.17) is 9.52 Å². The summed E-state index contributed by atoms with van der Waals surface area (Å²) in [6.45, 7) is 0.426. The molecule has 0 aliphatic rings. The van der Waals surface area contributed by atoms with Gasteiger partial charge in [-0.2, -0.15) is 5.10 Å². The van der Waals surface area contributed by atoms with Gasteiger partial charge < -0.3 is 14.8 Å². The molecule has 1 amide bonds. The number of aromatic amines is 1. The molecule has 106 valence electrons. The molecular formula is C13H15N3O4. The summed E-state index contributed by atoms with van der Waals surface area (Å²) in [5.41, 5.74) is 0.903. The van der Waals surface area contributed by atoms with Gasteiger partial charge in [0.05, 0.1) is 6.26 Å². The number of rotatable bonds is 7. The van der Waals surface area contributed by atoms with Gasteiger partial charge in [0.1, 0.15) is 5.69 Å². The summed E-state index contributed by atoms with van der Waals surface area (Å²) >= 11 is 0. The zero-order valence-corrected chi connectivity index (χ0v) is 10.8. The number of H-pyrrole nitrogens is 1. The fourth-order valence-electron chi connectivity index (χ4n) is 1.69. The molecule has 7 nitrogen and oxygen atoms in total. The van der Waals surface area contributed by atoms with Gasteiger partial charge in [-0.3, -0.25) is 14.7 Å². The Morgan fingerprint density at radius 2 is 2.25 bits per heavy atom. The average Bonchev–Trinajstić information content (AvgIpc) is 3.08. The second kappa shape index (κ2) is 6.55. The number of furan rings is 1. The number of nitrogens with one attached hydrogen (secondary N) is 2. The van der Waals surface area contributed by atoms with Crippen LogP contribution >= 0.6 is 0 Å². The van der Waals surface area contributed by atoms with Crippen molar-refractivity contribution in [2.75, 3.05) is 6.54 Å². The van der Waals surface area contributed by atoms with Crippen molar-refractivity contribution in [3.8, 4) is 11.5 Å². The molecule has 0 spiro atoms. The molecule has 0 bridgehead atoms. The van der Waals surface area contributed by atoms with E-state index in [-0.39, 0.29) is 18.0 Å². The van der Waals surface area contributed by atoms with E-state index in [9.17, 15) is 9.59 Å². The highest BCUT2D eigenvalue weighted by atomic mass is 16.4. The first-order valence-corrected chi connectivity index (χ1v) is 6.26. The fourth-order valence-corrected chi connectivity index (χ4v) is 1.69. The second-order valence-corrected chi connectivity index (χ2v) is 4.25. The van der Waals surface area contributed by atoms with Crippen LogP contribution in [0.15, 0.2) is 28.9 Å². The Balaban J connectivity index is 1.80. The average molecular weight is 277 g/mol. The predicted octanol–water partition coefficient (Wildman–Crippen LogP) is 1.65. The Morgan fingerprint density at radius 1 is 1.40 bits per heavy atom. The molecule has 2 heterocycles. The number of aliphatic carboxylic acids is 1. The normalized spacial score (nSPS) is 10.4. The van der Waals surface area contributed by atoms with Gasteiger partial charge in [-0.1, -0.05) is 0 Å². The lowest BCUT2D eigenvalue weighted by atomic mass is 10.2. The van der Waals surface area contributed by atoms with E-state index in [1.165, 1.54) is 0 Å². The van der Waals surface area contributed by atoms with Crippen LogP contribution in [0.3, 0.4) is 0 Å². The topological polar surface area (TPSA) is 108 Å². The van der Waals surface area contributed by atoms with Crippen molar-refractivity contribution < 1.29 is 19.1 Å². The van der Waals surface area contributed by atoms with E-state index in [0.29, 0.717) is 30.8 Å². The largest absolute Gasteiger partial charge is 0.481 e. The second-order valence-electron chi connectivity index (χ2n) is 4.25. The van der Waals surface area contributed by atoms with E-state index in [1.54, 1.807) is 24.5 Å². The maximum atomic E-state index is 11.8. The highest BCUT2D eigenvalue weighted by Gasteiger charge is 2.12. The first-order valence-electron chi connectivity index (χ1n) is 6.26. The monoisotopic (exact) mass is 277 g/mol. The minimum Gasteiger partial charge on any atom is -0.481 e. The maximum Gasteiger partial charge on any atom is 0.303 e. The number of hydrogen-bond donors (Lipinski definition) is 3. The highest BCUT2D eigenvalue weighted by Crippen LogP contribution is 2.17. The molecule has 2 aromatic rings. The van der Waals surface area contributed by atoms with Crippen LogP contribution in [0.5, 0.6) is 0 Å². The lowest BCUT2D eigenvalue weighted by Gasteiger charge is -2.01. The molecule has 20 heavy (non-hydrogen) atoms. The summed E-state index contributed by atoms with van der Waals surface area (Å²) in [6.07, 6.45) is 2.81. The van der Waals surface area contributed by atoms with Crippen molar-refractivity contribution in [3.63, 3.8) is 0 Å². The molecule has 0 unspecified atom stereocenters. The van der Waals surface area contributed by atoms with Crippen molar-refractivity contribution in [2.24, 2.45) is 0 Å². The molecular weight excluding hydrogens is 262 g/mol. The number of carboxylic acid groups (broad SMARTS) is 1. The van der Waals surface area contributed by atoms with E-state index >= 15 is 0 Å². The first kappa shape index (κ1) is 13.9. The minimum absolute atomic E-state index is 0.112. The van der Waals surface area contributed by atoms with Crippen molar-refractivity contribution in [1.82, 2.24) is 15.5 Å². The zero-order valence-electron chi connectivity index (χ0n) is 10.8. The van der Waals surface area contributed by atoms with Crippen molar-refractivity contribution in [2.45, 2.75) is 19.3 Å². The van der Waals surface area contributed by atoms with Crippen LogP contribution in [-0.4, -0.2) is 33.7 Å². The van der Waals surface area contributed by atoms with Crippen molar-refractivity contribution in [3.05, 3.63) is 30.2 Å². The van der Waals surface area contributed by atoms with Crippen molar-refractivity contribution in [1.29, 1.82) is 0 Å². The Bertz CT molecular complexity index is 574. The number of carbonyl (C=O) groups is 2. The number of amides is 1. The van der Waals surface area contributed by atoms with Crippen LogP contribution in [0, 0.1) is 0 Å². The van der Waals surface area contributed by atoms with E-state index in [0.717, 1.165) is 0 Å². The lowest BCUT2D eigenvalue weighted by molar-refractivity contribution is -0.137. The maximum absolute atomic E-state index is 11.8. The molecule has 0 radical (unpaired) electrons. The molecule has 0 aliphatic carbocycles. The summed E-state index contributed by atoms with van der Waals surface area (Å²) in [5.74, 6) is -0.515. The molecule has 3 N–H and O–H groups in total. The van der Waals surface area contributed by atoms with Gasteiger partial charge in [-0.05, 0) is 25.0 Å². The fraction of sp³-hybridized carbons (Fsp3) is 0.308. The minimum atomic E-state index is -0.827. The molecule has 2 aromatic heterocycles. The van der Waals surface area contributed by atoms with Gasteiger partial charge in [-0.25, -0.2) is 0 Å². The molecule has 0 aliphatic heterocycles. The number of carbonyl (C=O) groups excluding carboxylic acids is 1. The van der Waals surface area contributed by atoms with Gasteiger partial charge in [0.2, 0.25) is 0 Å². The standard InChI is InChI=1S/C13H15N3O4/c17-12(18)5-1-2-6-14-13(19)10-8-9(15-16-10)11-4-3-7-20-11/h3-4,7-8H,1-2,5-6H2,(H,14,19)(H,15,16)(H,17,18). The van der Waals surface area contributed by atoms with Crippen molar-refractivity contribution >= 4 is 11.9 Å². The van der Waals surface area contributed by atoms with Crippen LogP contribution in [0.2, 0.25) is 0 Å². The SMILES string of the molecule is O=C(O)CCCCNC(=O)c1cc(-c2ccco2)[nH]n1. The number of carboxylic acids is 1. The van der Waals surface area contributed by atoms with Crippen LogP contribution in [0.25, 0.3) is 11.5 Å². The predicted molar refractivity (Wildman–Crippen MR) is 70.1 cm³/mol. The Morgan fingerprint density at radius 3 is 2.95 bits per heavy atom. The summed E-state index contributed by atoms with van der Waals surface area (Å²) in [6, 6.07) is 5.12. The summed E-state index contributed by atoms with van der Waals surface area (Å²) in [7, 11) is 0. The third kappa shape index (κ3) is 3.71. The molecule has 0 aromatic carbocycles. The van der Waals surface area contributed by atoms with Gasteiger partial charge in [0.15, 0.2) is 11.5 Å². The molecule has 7 heteroatoms. The van der Waals surface area contributed by atoms with E-state index in [2.05, 4.69) is 15.5 Å². The van der Waals surface area contributed by atoms with Crippen LogP contribution < -0.4 is 5.32 Å². The third-order valence-corrected chi connectivity index (χ3v) is 2.70. The van der Waals surface area contributed by atoms with E-state index < -0.39 is 5.97 Å². The molecule has 0 saturated carbocycles.